The van der Waals surface area contributed by atoms with Crippen LogP contribution in [0.4, 0.5) is 0 Å². The van der Waals surface area contributed by atoms with Crippen LogP contribution in [0.3, 0.4) is 0 Å². The van der Waals surface area contributed by atoms with Crippen molar-refractivity contribution in [3.63, 3.8) is 0 Å². The van der Waals surface area contributed by atoms with E-state index in [9.17, 15) is 44.4 Å². The normalized spacial score (nSPS) is 10.5. The molecule has 0 radical (unpaired) electrons. The monoisotopic (exact) mass is 1830 g/mol. The lowest BCUT2D eigenvalue weighted by atomic mass is 10.1. The fourth-order valence-corrected chi connectivity index (χ4v) is 13.6. The van der Waals surface area contributed by atoms with Crippen LogP contribution in [0.5, 0.6) is 63.2 Å². The summed E-state index contributed by atoms with van der Waals surface area (Å²) in [6, 6.07) is 71.7. The highest BCUT2D eigenvalue weighted by Gasteiger charge is 2.25. The zero-order chi connectivity index (χ0) is 96.8. The first-order valence-corrected chi connectivity index (χ1v) is 41.2. The smallest absolute Gasteiger partial charge is 0.337 e. The van der Waals surface area contributed by atoms with Crippen LogP contribution in [0, 0.1) is 13.8 Å². The number of benzene rings is 12. The van der Waals surface area contributed by atoms with Crippen LogP contribution in [0.15, 0.2) is 255 Å². The van der Waals surface area contributed by atoms with E-state index in [1.807, 2.05) is 50.2 Å². The SMILES string of the molecule is COC(=O)c1ccc(-c2nc(-c3cc(C)cc(C)c3)nc(-c3ccc(OC)cc3O)n2)cc1.COC(=O)c1ccc(-c2nc(-c3ccc(C(=O)OC)cc3)nc(-c3ccc(OC)cc3O)n2)cc1.COC(=O)c1ccc(-c2nc(-c3ccc(OC)cc3O)nc(-c3ccc(OC)cc3OC)n2)cc1.COC(=O)c1ccc(-c2nc(-c3ccc(OC)cc3O)nc(-c3ccccc3OC)n2)cc1. The van der Waals surface area contributed by atoms with Crippen LogP contribution < -0.4 is 33.2 Å². The van der Waals surface area contributed by atoms with E-state index in [2.05, 4.69) is 60.9 Å². The Labute approximate surface area is 779 Å². The minimum Gasteiger partial charge on any atom is -0.507 e. The predicted molar refractivity (Wildman–Crippen MR) is 503 cm³/mol. The van der Waals surface area contributed by atoms with Crippen LogP contribution in [0.2, 0.25) is 0 Å². The van der Waals surface area contributed by atoms with Gasteiger partial charge in [-0.3, -0.25) is 0 Å². The van der Waals surface area contributed by atoms with Gasteiger partial charge in [-0.15, -0.1) is 0 Å². The minimum absolute atomic E-state index is 0.00101. The van der Waals surface area contributed by atoms with Gasteiger partial charge in [0.15, 0.2) is 69.9 Å². The number of ether oxygens (including phenoxy) is 12. The maximum Gasteiger partial charge on any atom is 0.337 e. The molecule has 0 saturated carbocycles. The van der Waals surface area contributed by atoms with Gasteiger partial charge in [0.25, 0.3) is 0 Å². The summed E-state index contributed by atoms with van der Waals surface area (Å²) in [6.07, 6.45) is 0. The van der Waals surface area contributed by atoms with Gasteiger partial charge in [-0.1, -0.05) is 90.0 Å². The molecule has 0 aliphatic carbocycles. The van der Waals surface area contributed by atoms with Crippen molar-refractivity contribution < 1.29 is 101 Å². The Morgan fingerprint density at radius 1 is 0.199 bits per heavy atom. The van der Waals surface area contributed by atoms with Crippen molar-refractivity contribution in [3.8, 4) is 200 Å². The van der Waals surface area contributed by atoms with Gasteiger partial charge in [-0.2, -0.15) is 0 Å². The fraction of sp³-hybridized carbons (Fsp3) is 0.136. The topological polar surface area (TPSA) is 432 Å². The van der Waals surface area contributed by atoms with Gasteiger partial charge < -0.3 is 77.3 Å². The van der Waals surface area contributed by atoms with Gasteiger partial charge in [0.2, 0.25) is 0 Å². The number of carbonyl (C=O) groups is 5. The molecule has 4 aromatic heterocycles. The van der Waals surface area contributed by atoms with Crippen molar-refractivity contribution in [2.45, 2.75) is 13.8 Å². The van der Waals surface area contributed by atoms with E-state index in [0.717, 1.165) is 16.7 Å². The molecule has 33 heteroatoms. The molecule has 0 aliphatic heterocycles. The summed E-state index contributed by atoms with van der Waals surface area (Å²) < 4.78 is 60.8. The lowest BCUT2D eigenvalue weighted by Crippen LogP contribution is -2.03. The molecule has 33 nitrogen and oxygen atoms in total. The van der Waals surface area contributed by atoms with E-state index in [1.165, 1.54) is 88.3 Å². The summed E-state index contributed by atoms with van der Waals surface area (Å²) in [5.74, 6) is 5.44. The van der Waals surface area contributed by atoms with E-state index in [4.69, 9.17) is 61.8 Å². The Hall–Kier alpha value is -18.2. The molecular weight excluding hydrogens is 1740 g/mol. The van der Waals surface area contributed by atoms with E-state index in [0.29, 0.717) is 182 Å². The Morgan fingerprint density at radius 3 is 0.640 bits per heavy atom. The van der Waals surface area contributed by atoms with Crippen molar-refractivity contribution >= 4 is 29.8 Å². The second-order valence-corrected chi connectivity index (χ2v) is 29.2. The summed E-state index contributed by atoms with van der Waals surface area (Å²) in [7, 11) is 17.4. The summed E-state index contributed by atoms with van der Waals surface area (Å²) in [5, 5.41) is 42.3. The number of hydrogen-bond donors (Lipinski definition) is 4. The number of esters is 5. The fourth-order valence-electron chi connectivity index (χ4n) is 13.6. The number of phenols is 4. The average Bonchev–Trinajstić information content (AvgIpc) is 0.793. The molecule has 4 N–H and O–H groups in total. The van der Waals surface area contributed by atoms with Gasteiger partial charge in [0, 0.05) is 63.7 Å². The first-order valence-electron chi connectivity index (χ1n) is 41.2. The molecule has 16 aromatic rings. The molecular formula is C103H88N12O21. The number of hydrogen-bond acceptors (Lipinski definition) is 33. The number of nitrogens with zero attached hydrogens (tertiary/aromatic N) is 12. The van der Waals surface area contributed by atoms with Crippen LogP contribution in [-0.2, 0) is 23.7 Å². The lowest BCUT2D eigenvalue weighted by molar-refractivity contribution is 0.0592. The molecule has 0 bridgehead atoms. The van der Waals surface area contributed by atoms with Crippen molar-refractivity contribution in [1.82, 2.24) is 59.8 Å². The Bertz CT molecular complexity index is 6980. The molecule has 16 rings (SSSR count). The van der Waals surface area contributed by atoms with E-state index in [1.54, 1.807) is 209 Å². The highest BCUT2D eigenvalue weighted by Crippen LogP contribution is 2.41. The highest BCUT2D eigenvalue weighted by atomic mass is 16.5. The predicted octanol–water partition coefficient (Wildman–Crippen LogP) is 17.9. The Morgan fingerprint density at radius 2 is 0.404 bits per heavy atom. The number of aromatic hydroxyl groups is 4. The third-order valence-electron chi connectivity index (χ3n) is 20.6. The largest absolute Gasteiger partial charge is 0.507 e. The lowest BCUT2D eigenvalue weighted by Gasteiger charge is -2.13. The van der Waals surface area contributed by atoms with Gasteiger partial charge in [0.05, 0.1) is 147 Å². The number of methoxy groups -OCH3 is 12. The van der Waals surface area contributed by atoms with Crippen LogP contribution in [0.25, 0.3) is 137 Å². The maximum atomic E-state index is 11.8. The molecule has 136 heavy (non-hydrogen) atoms. The number of rotatable bonds is 24. The molecule has 686 valence electrons. The first-order chi connectivity index (χ1) is 65.8. The molecule has 0 saturated heterocycles. The van der Waals surface area contributed by atoms with Crippen LogP contribution in [-0.4, -0.2) is 195 Å². The molecule has 0 atom stereocenters. The number of aromatic nitrogens is 12. The van der Waals surface area contributed by atoms with Gasteiger partial charge >= 0.3 is 29.8 Å². The quantitative estimate of drug-likeness (QED) is 0.0322. The maximum absolute atomic E-state index is 11.8. The van der Waals surface area contributed by atoms with Crippen LogP contribution in [0.1, 0.15) is 62.9 Å². The summed E-state index contributed by atoms with van der Waals surface area (Å²) >= 11 is 0. The zero-order valence-electron chi connectivity index (χ0n) is 75.8. The number of aryl methyl sites for hydroxylation is 2. The standard InChI is InChI=1S/C26H21N3O6.C26H23N3O6.C26H23N3O4.C25H21N3O5/c1-33-19-12-13-20(21(30)14-19)24-28-22(15-4-8-17(9-5-15)25(31)34-2)27-23(29-24)16-6-10-18(11-7-16)26(32)35-3;1-32-17-9-11-19(21(30)13-17)24-27-23(15-5-7-16(8-6-15)26(31)35-4)28-25(29-24)20-12-10-18(33-2)14-22(20)34-3;1-15-11-16(2)13-19(12-15)24-27-23(17-5-7-18(8-6-17)26(31)33-4)28-25(29-24)21-10-9-20(32-3)14-22(21)30;1-31-17-12-13-18(20(29)14-17)23-26-22(15-8-10-16(11-9-15)25(30)33-3)27-24(28-23)19-6-4-5-7-21(19)32-2/h4-14,30H,1-3H3;5-14,30H,1-4H3;5-14,30H,1-4H3;4-14,29H,1-3H3. The van der Waals surface area contributed by atoms with Crippen molar-refractivity contribution in [3.05, 3.63) is 294 Å². The van der Waals surface area contributed by atoms with Crippen molar-refractivity contribution in [2.24, 2.45) is 0 Å². The number of phenolic OH excluding ortho intramolecular Hbond substituents is 4. The second kappa shape index (κ2) is 44.0. The molecule has 0 spiro atoms. The highest BCUT2D eigenvalue weighted by molar-refractivity contribution is 5.93. The molecule has 0 aliphatic rings. The summed E-state index contributed by atoms with van der Waals surface area (Å²) in [6.45, 7) is 4.03. The van der Waals surface area contributed by atoms with Gasteiger partial charge in [0.1, 0.15) is 63.2 Å². The zero-order valence-corrected chi connectivity index (χ0v) is 75.8. The third kappa shape index (κ3) is 22.6. The molecule has 4 heterocycles. The molecule has 0 unspecified atom stereocenters. The minimum atomic E-state index is -0.456. The average molecular weight is 1830 g/mol. The summed E-state index contributed by atoms with van der Waals surface area (Å²) in [4.78, 5) is 114. The van der Waals surface area contributed by atoms with Crippen LogP contribution >= 0.6 is 0 Å². The number of para-hydroxylation sites is 1. The second-order valence-electron chi connectivity index (χ2n) is 29.2. The van der Waals surface area contributed by atoms with Crippen molar-refractivity contribution in [1.29, 1.82) is 0 Å². The van der Waals surface area contributed by atoms with E-state index < -0.39 is 29.8 Å². The Kier molecular flexibility index (Phi) is 30.8. The molecule has 12 aromatic carbocycles. The number of carbonyl (C=O) groups excluding carboxylic acids is 5. The van der Waals surface area contributed by atoms with Gasteiger partial charge in [-0.25, -0.2) is 83.8 Å². The van der Waals surface area contributed by atoms with Crippen molar-refractivity contribution in [2.75, 3.05) is 85.3 Å². The Balaban J connectivity index is 0.000000153. The van der Waals surface area contributed by atoms with E-state index in [-0.39, 0.29) is 40.5 Å². The third-order valence-corrected chi connectivity index (χ3v) is 20.6. The molecule has 0 fully saturated rings. The molecule has 0 amide bonds. The van der Waals surface area contributed by atoms with E-state index >= 15 is 0 Å². The summed E-state index contributed by atoms with van der Waals surface area (Å²) in [5.41, 5.74) is 11.2. The first kappa shape index (κ1) is 95.4. The van der Waals surface area contributed by atoms with Gasteiger partial charge in [-0.05, 0) is 159 Å².